The van der Waals surface area contributed by atoms with Crippen molar-refractivity contribution in [3.8, 4) is 23.0 Å². The first-order valence-corrected chi connectivity index (χ1v) is 13.2. The molecule has 2 amide bonds. The minimum atomic E-state index is -0.678. The molecule has 2 atom stereocenters. The van der Waals surface area contributed by atoms with Crippen LogP contribution in [0.25, 0.3) is 10.9 Å². The Hall–Kier alpha value is -4.73. The molecule has 1 fully saturated rings. The number of methoxy groups -OCH3 is 2. The summed E-state index contributed by atoms with van der Waals surface area (Å²) in [5.41, 5.74) is 1.28. The Bertz CT molecular complexity index is 1580. The van der Waals surface area contributed by atoms with Crippen LogP contribution in [0, 0.1) is 23.5 Å². The lowest BCUT2D eigenvalue weighted by molar-refractivity contribution is -0.130. The van der Waals surface area contributed by atoms with E-state index in [9.17, 15) is 14.0 Å². The Labute approximate surface area is 235 Å². The van der Waals surface area contributed by atoms with E-state index in [0.717, 1.165) is 12.8 Å². The van der Waals surface area contributed by atoms with Crippen molar-refractivity contribution >= 4 is 34.1 Å². The van der Waals surface area contributed by atoms with E-state index < -0.39 is 23.5 Å². The van der Waals surface area contributed by atoms with E-state index in [-0.39, 0.29) is 23.3 Å². The number of hydrogen-bond donors (Lipinski definition) is 2. The molecule has 3 aromatic carbocycles. The summed E-state index contributed by atoms with van der Waals surface area (Å²) in [5.74, 6) is -1.59. The molecule has 0 bridgehead atoms. The van der Waals surface area contributed by atoms with Crippen molar-refractivity contribution in [3.05, 3.63) is 78.5 Å². The smallest absolute Gasteiger partial charge is 0.228 e. The first-order chi connectivity index (χ1) is 19.9. The van der Waals surface area contributed by atoms with Crippen molar-refractivity contribution in [1.29, 1.82) is 0 Å². The summed E-state index contributed by atoms with van der Waals surface area (Å²) in [6.45, 7) is 0. The molecule has 10 heteroatoms. The molecule has 0 unspecified atom stereocenters. The molecule has 1 aliphatic rings. The highest BCUT2D eigenvalue weighted by Gasteiger charge is 2.36. The van der Waals surface area contributed by atoms with E-state index in [0.29, 0.717) is 46.7 Å². The van der Waals surface area contributed by atoms with Gasteiger partial charge >= 0.3 is 0 Å². The first kappa shape index (κ1) is 27.8. The summed E-state index contributed by atoms with van der Waals surface area (Å²) in [6.07, 6.45) is 4.23. The molecule has 41 heavy (non-hydrogen) atoms. The van der Waals surface area contributed by atoms with Crippen LogP contribution in [-0.2, 0) is 9.59 Å². The third kappa shape index (κ3) is 6.21. The predicted octanol–water partition coefficient (Wildman–Crippen LogP) is 6.71. The summed E-state index contributed by atoms with van der Waals surface area (Å²) in [4.78, 5) is 30.5. The summed E-state index contributed by atoms with van der Waals surface area (Å²) in [5, 5.41) is 6.13. The Kier molecular flexibility index (Phi) is 8.28. The fraction of sp³-hybridized carbons (Fsp3) is 0.258. The second-order valence-electron chi connectivity index (χ2n) is 9.76. The third-order valence-electron chi connectivity index (χ3n) is 7.18. The lowest BCUT2D eigenvalue weighted by atomic mass is 9.78. The quantitative estimate of drug-likeness (QED) is 0.248. The molecule has 1 saturated carbocycles. The number of amides is 2. The summed E-state index contributed by atoms with van der Waals surface area (Å²) >= 11 is 0. The highest BCUT2D eigenvalue weighted by atomic mass is 19.1. The molecular weight excluding hydrogens is 532 g/mol. The first-order valence-electron chi connectivity index (χ1n) is 13.2. The molecule has 0 saturated heterocycles. The number of carbonyl (C=O) groups is 2. The molecule has 0 radical (unpaired) electrons. The second-order valence-corrected chi connectivity index (χ2v) is 9.76. The van der Waals surface area contributed by atoms with Crippen LogP contribution in [0.2, 0.25) is 0 Å². The van der Waals surface area contributed by atoms with Gasteiger partial charge in [0.2, 0.25) is 11.8 Å². The van der Waals surface area contributed by atoms with E-state index in [1.165, 1.54) is 50.6 Å². The molecule has 0 spiro atoms. The van der Waals surface area contributed by atoms with Gasteiger partial charge in [0.25, 0.3) is 0 Å². The van der Waals surface area contributed by atoms with Crippen LogP contribution in [0.4, 0.5) is 20.2 Å². The zero-order chi connectivity index (χ0) is 28.9. The number of hydrogen-bond acceptors (Lipinski definition) is 6. The molecule has 5 rings (SSSR count). The molecule has 0 aliphatic heterocycles. The van der Waals surface area contributed by atoms with Crippen LogP contribution < -0.4 is 24.8 Å². The second kappa shape index (κ2) is 12.2. The fourth-order valence-electron chi connectivity index (χ4n) is 5.08. The minimum Gasteiger partial charge on any atom is -0.493 e. The summed E-state index contributed by atoms with van der Waals surface area (Å²) in [7, 11) is 3.04. The number of rotatable bonds is 8. The van der Waals surface area contributed by atoms with Crippen LogP contribution in [0.1, 0.15) is 25.7 Å². The van der Waals surface area contributed by atoms with Crippen LogP contribution in [-0.4, -0.2) is 31.0 Å². The number of halogens is 2. The minimum absolute atomic E-state index is 0.0421. The number of nitrogens with one attached hydrogen (secondary N) is 2. The van der Waals surface area contributed by atoms with Crippen molar-refractivity contribution in [3.63, 3.8) is 0 Å². The summed E-state index contributed by atoms with van der Waals surface area (Å²) in [6, 6.07) is 14.6. The highest BCUT2D eigenvalue weighted by molar-refractivity contribution is 6.00. The maximum absolute atomic E-state index is 15.1. The lowest BCUT2D eigenvalue weighted by Gasteiger charge is -2.29. The number of aromatic nitrogens is 1. The van der Waals surface area contributed by atoms with E-state index in [1.807, 2.05) is 0 Å². The summed E-state index contributed by atoms with van der Waals surface area (Å²) < 4.78 is 44.9. The maximum atomic E-state index is 15.1. The highest BCUT2D eigenvalue weighted by Crippen LogP contribution is 2.38. The normalized spacial score (nSPS) is 16.6. The standard InChI is InChI=1S/C31H29F2N3O5/c1-39-28-16-23-25(17-29(28)40-2)34-14-13-26(23)41-27-12-11-20(15-24(27)33)36-31(38)22-6-4-3-5-21(22)30(37)35-19-9-7-18(32)8-10-19/h7-17,21-22H,3-6H2,1-2H3,(H,35,37)(H,36,38)/t21-,22+/m0/s1. The number of fused-ring (bicyclic) bond motifs is 1. The molecule has 1 aliphatic carbocycles. The predicted molar refractivity (Wildman–Crippen MR) is 150 cm³/mol. The molecule has 1 heterocycles. The van der Waals surface area contributed by atoms with Gasteiger partial charge in [0.05, 0.1) is 19.7 Å². The van der Waals surface area contributed by atoms with Crippen molar-refractivity contribution in [2.75, 3.05) is 24.9 Å². The average Bonchev–Trinajstić information content (AvgIpc) is 2.99. The van der Waals surface area contributed by atoms with Crippen molar-refractivity contribution in [2.45, 2.75) is 25.7 Å². The zero-order valence-electron chi connectivity index (χ0n) is 22.6. The number of benzene rings is 3. The van der Waals surface area contributed by atoms with Gasteiger partial charge in [-0.3, -0.25) is 14.6 Å². The van der Waals surface area contributed by atoms with Gasteiger partial charge in [-0.25, -0.2) is 8.78 Å². The number of carbonyl (C=O) groups excluding carboxylic acids is 2. The van der Waals surface area contributed by atoms with E-state index in [2.05, 4.69) is 15.6 Å². The Morgan fingerprint density at radius 1 is 0.756 bits per heavy atom. The third-order valence-corrected chi connectivity index (χ3v) is 7.18. The molecular formula is C31H29F2N3O5. The Morgan fingerprint density at radius 2 is 1.37 bits per heavy atom. The van der Waals surface area contributed by atoms with Gasteiger partial charge in [0, 0.05) is 46.9 Å². The van der Waals surface area contributed by atoms with Crippen LogP contribution in [0.3, 0.4) is 0 Å². The SMILES string of the molecule is COc1cc2nccc(Oc3ccc(NC(=O)[C@@H]4CCCC[C@@H]4C(=O)Nc4ccc(F)cc4)cc3F)c2cc1OC. The number of anilines is 2. The van der Waals surface area contributed by atoms with E-state index >= 15 is 4.39 Å². The topological polar surface area (TPSA) is 98.8 Å². The monoisotopic (exact) mass is 561 g/mol. The van der Waals surface area contributed by atoms with Crippen LogP contribution >= 0.6 is 0 Å². The largest absolute Gasteiger partial charge is 0.493 e. The molecule has 8 nitrogen and oxygen atoms in total. The fourth-order valence-corrected chi connectivity index (χ4v) is 5.08. The Morgan fingerprint density at radius 3 is 2.00 bits per heavy atom. The van der Waals surface area contributed by atoms with Gasteiger partial charge < -0.3 is 24.8 Å². The van der Waals surface area contributed by atoms with Crippen molar-refractivity contribution in [1.82, 2.24) is 4.98 Å². The molecule has 1 aromatic heterocycles. The Balaban J connectivity index is 1.29. The van der Waals surface area contributed by atoms with Gasteiger partial charge in [0.1, 0.15) is 11.6 Å². The molecule has 2 N–H and O–H groups in total. The van der Waals surface area contributed by atoms with Gasteiger partial charge in [-0.15, -0.1) is 0 Å². The van der Waals surface area contributed by atoms with Crippen LogP contribution in [0.5, 0.6) is 23.0 Å². The van der Waals surface area contributed by atoms with E-state index in [1.54, 1.807) is 30.5 Å². The van der Waals surface area contributed by atoms with Crippen LogP contribution in [0.15, 0.2) is 66.9 Å². The van der Waals surface area contributed by atoms with Gasteiger partial charge in [-0.2, -0.15) is 0 Å². The van der Waals surface area contributed by atoms with Gasteiger partial charge in [-0.05, 0) is 61.4 Å². The number of ether oxygens (including phenoxy) is 3. The average molecular weight is 562 g/mol. The maximum Gasteiger partial charge on any atom is 0.228 e. The van der Waals surface area contributed by atoms with E-state index in [4.69, 9.17) is 14.2 Å². The number of pyridine rings is 1. The van der Waals surface area contributed by atoms with Gasteiger partial charge in [0.15, 0.2) is 23.1 Å². The van der Waals surface area contributed by atoms with Crippen molar-refractivity contribution < 1.29 is 32.6 Å². The van der Waals surface area contributed by atoms with Gasteiger partial charge in [-0.1, -0.05) is 12.8 Å². The van der Waals surface area contributed by atoms with Crippen molar-refractivity contribution in [2.24, 2.45) is 11.8 Å². The molecule has 212 valence electrons. The zero-order valence-corrected chi connectivity index (χ0v) is 22.6. The number of nitrogens with zero attached hydrogens (tertiary/aromatic N) is 1. The lowest BCUT2D eigenvalue weighted by Crippen LogP contribution is -2.38. The molecule has 4 aromatic rings.